The zero-order valence-corrected chi connectivity index (χ0v) is 13.9. The quantitative estimate of drug-likeness (QED) is 0.867. The Balaban J connectivity index is 2.51. The summed E-state index contributed by atoms with van der Waals surface area (Å²) in [6, 6.07) is 3.24. The molecular formula is C15H24N2O3S. The summed E-state index contributed by atoms with van der Waals surface area (Å²) < 4.78 is 32.8. The smallest absolute Gasteiger partial charge is 0.247 e. The van der Waals surface area contributed by atoms with E-state index in [0.29, 0.717) is 18.0 Å². The molecule has 1 fully saturated rings. The summed E-state index contributed by atoms with van der Waals surface area (Å²) in [4.78, 5) is 0.167. The van der Waals surface area contributed by atoms with Gasteiger partial charge in [0.1, 0.15) is 10.6 Å². The lowest BCUT2D eigenvalue weighted by atomic mass is 10.0. The molecule has 1 aliphatic rings. The Labute approximate surface area is 127 Å². The van der Waals surface area contributed by atoms with Crippen LogP contribution in [0, 0.1) is 12.8 Å². The average molecular weight is 312 g/mol. The zero-order chi connectivity index (χ0) is 15.8. The largest absolute Gasteiger partial charge is 0.495 e. The monoisotopic (exact) mass is 312 g/mol. The Morgan fingerprint density at radius 1 is 1.38 bits per heavy atom. The van der Waals surface area contributed by atoms with Gasteiger partial charge < -0.3 is 10.5 Å². The third-order valence-electron chi connectivity index (χ3n) is 4.16. The SMILES string of the molecule is COc1cc(C)c(N)cc1S(=O)(=O)N1CCCC1C(C)C. The molecule has 2 rings (SSSR count). The Kier molecular flexibility index (Phi) is 4.49. The van der Waals surface area contributed by atoms with Crippen molar-refractivity contribution in [3.8, 4) is 5.75 Å². The second-order valence-corrected chi connectivity index (χ2v) is 7.79. The molecule has 1 aliphatic heterocycles. The Bertz CT molecular complexity index is 626. The van der Waals surface area contributed by atoms with Crippen molar-refractivity contribution in [2.24, 2.45) is 5.92 Å². The van der Waals surface area contributed by atoms with E-state index in [2.05, 4.69) is 13.8 Å². The Morgan fingerprint density at radius 3 is 2.62 bits per heavy atom. The van der Waals surface area contributed by atoms with E-state index in [1.165, 1.54) is 13.2 Å². The van der Waals surface area contributed by atoms with Gasteiger partial charge in [-0.25, -0.2) is 8.42 Å². The van der Waals surface area contributed by atoms with Crippen molar-refractivity contribution >= 4 is 15.7 Å². The summed E-state index contributed by atoms with van der Waals surface area (Å²) >= 11 is 0. The summed E-state index contributed by atoms with van der Waals surface area (Å²) in [5.74, 6) is 0.646. The molecule has 0 aromatic heterocycles. The van der Waals surface area contributed by atoms with Gasteiger partial charge in [-0.15, -0.1) is 0 Å². The molecule has 1 unspecified atom stereocenters. The van der Waals surface area contributed by atoms with E-state index in [-0.39, 0.29) is 16.9 Å². The molecule has 118 valence electrons. The van der Waals surface area contributed by atoms with Gasteiger partial charge in [-0.05, 0) is 43.4 Å². The molecule has 1 heterocycles. The zero-order valence-electron chi connectivity index (χ0n) is 13.1. The normalized spacial score (nSPS) is 20.1. The van der Waals surface area contributed by atoms with E-state index in [1.54, 1.807) is 10.4 Å². The van der Waals surface area contributed by atoms with Gasteiger partial charge in [0.25, 0.3) is 0 Å². The number of hydrogen-bond donors (Lipinski definition) is 1. The first-order valence-corrected chi connectivity index (χ1v) is 8.69. The van der Waals surface area contributed by atoms with Gasteiger partial charge in [-0.2, -0.15) is 4.31 Å². The maximum Gasteiger partial charge on any atom is 0.247 e. The predicted molar refractivity (Wildman–Crippen MR) is 83.9 cm³/mol. The van der Waals surface area contributed by atoms with Gasteiger partial charge in [-0.1, -0.05) is 13.8 Å². The van der Waals surface area contributed by atoms with Gasteiger partial charge in [0.15, 0.2) is 0 Å². The standard InChI is InChI=1S/C15H24N2O3S/c1-10(2)13-6-5-7-17(13)21(18,19)15-9-12(16)11(3)8-14(15)20-4/h8-10,13H,5-7,16H2,1-4H3. The van der Waals surface area contributed by atoms with Crippen LogP contribution in [0.3, 0.4) is 0 Å². The molecule has 6 heteroatoms. The first kappa shape index (κ1) is 16.1. The molecule has 1 saturated heterocycles. The summed E-state index contributed by atoms with van der Waals surface area (Å²) in [6.45, 7) is 6.50. The number of aryl methyl sites for hydroxylation is 1. The Hall–Kier alpha value is -1.27. The lowest BCUT2D eigenvalue weighted by Gasteiger charge is -2.27. The van der Waals surface area contributed by atoms with E-state index < -0.39 is 10.0 Å². The van der Waals surface area contributed by atoms with Crippen LogP contribution in [-0.2, 0) is 10.0 Å². The second kappa shape index (κ2) is 5.85. The molecule has 1 aromatic carbocycles. The lowest BCUT2D eigenvalue weighted by molar-refractivity contribution is 0.313. The topological polar surface area (TPSA) is 72.6 Å². The first-order valence-electron chi connectivity index (χ1n) is 7.25. The number of nitrogens with two attached hydrogens (primary N) is 1. The molecule has 0 bridgehead atoms. The highest BCUT2D eigenvalue weighted by molar-refractivity contribution is 7.89. The fraction of sp³-hybridized carbons (Fsp3) is 0.600. The predicted octanol–water partition coefficient (Wildman–Crippen LogP) is 2.39. The minimum absolute atomic E-state index is 0.0437. The molecule has 21 heavy (non-hydrogen) atoms. The van der Waals surface area contributed by atoms with Gasteiger partial charge in [-0.3, -0.25) is 0 Å². The molecule has 0 amide bonds. The summed E-state index contributed by atoms with van der Waals surface area (Å²) in [5.41, 5.74) is 7.18. The second-order valence-electron chi connectivity index (χ2n) is 5.93. The van der Waals surface area contributed by atoms with Crippen LogP contribution in [0.4, 0.5) is 5.69 Å². The van der Waals surface area contributed by atoms with Gasteiger partial charge in [0.05, 0.1) is 7.11 Å². The van der Waals surface area contributed by atoms with Gasteiger partial charge in [0, 0.05) is 18.3 Å². The lowest BCUT2D eigenvalue weighted by Crippen LogP contribution is -2.38. The van der Waals surface area contributed by atoms with Crippen LogP contribution in [0.15, 0.2) is 17.0 Å². The van der Waals surface area contributed by atoms with Gasteiger partial charge in [0.2, 0.25) is 10.0 Å². The maximum atomic E-state index is 13.0. The summed E-state index contributed by atoms with van der Waals surface area (Å²) in [7, 11) is -2.11. The molecule has 0 radical (unpaired) electrons. The van der Waals surface area contributed by atoms with Gasteiger partial charge >= 0.3 is 0 Å². The third-order valence-corrected chi connectivity index (χ3v) is 6.10. The maximum absolute atomic E-state index is 13.0. The van der Waals surface area contributed by atoms with Crippen molar-refractivity contribution in [1.82, 2.24) is 4.31 Å². The minimum Gasteiger partial charge on any atom is -0.495 e. The van der Waals surface area contributed by atoms with E-state index in [0.717, 1.165) is 18.4 Å². The van der Waals surface area contributed by atoms with Crippen LogP contribution in [0.5, 0.6) is 5.75 Å². The highest BCUT2D eigenvalue weighted by Crippen LogP contribution is 2.35. The number of anilines is 1. The number of sulfonamides is 1. The van der Waals surface area contributed by atoms with Crippen molar-refractivity contribution in [2.75, 3.05) is 19.4 Å². The van der Waals surface area contributed by atoms with Crippen LogP contribution in [0.2, 0.25) is 0 Å². The number of nitrogen functional groups attached to an aromatic ring is 1. The molecule has 1 atom stereocenters. The molecule has 0 saturated carbocycles. The van der Waals surface area contributed by atoms with Crippen molar-refractivity contribution in [3.63, 3.8) is 0 Å². The molecule has 0 spiro atoms. The minimum atomic E-state index is -3.59. The fourth-order valence-corrected chi connectivity index (χ4v) is 4.89. The summed E-state index contributed by atoms with van der Waals surface area (Å²) in [6.07, 6.45) is 1.80. The number of benzene rings is 1. The Morgan fingerprint density at radius 2 is 2.05 bits per heavy atom. The number of ether oxygens (including phenoxy) is 1. The summed E-state index contributed by atoms with van der Waals surface area (Å²) in [5, 5.41) is 0. The van der Waals surface area contributed by atoms with Crippen LogP contribution in [0.25, 0.3) is 0 Å². The van der Waals surface area contributed by atoms with Crippen LogP contribution < -0.4 is 10.5 Å². The first-order chi connectivity index (χ1) is 9.78. The average Bonchev–Trinajstić information content (AvgIpc) is 2.91. The van der Waals surface area contributed by atoms with Crippen LogP contribution in [0.1, 0.15) is 32.3 Å². The van der Waals surface area contributed by atoms with Crippen molar-refractivity contribution < 1.29 is 13.2 Å². The van der Waals surface area contributed by atoms with E-state index in [9.17, 15) is 8.42 Å². The molecule has 5 nitrogen and oxygen atoms in total. The number of hydrogen-bond acceptors (Lipinski definition) is 4. The van der Waals surface area contributed by atoms with Crippen LogP contribution >= 0.6 is 0 Å². The number of nitrogens with zero attached hydrogens (tertiary/aromatic N) is 1. The third kappa shape index (κ3) is 2.87. The van der Waals surface area contributed by atoms with E-state index in [4.69, 9.17) is 10.5 Å². The number of methoxy groups -OCH3 is 1. The highest BCUT2D eigenvalue weighted by atomic mass is 32.2. The molecule has 1 aromatic rings. The van der Waals surface area contributed by atoms with Crippen molar-refractivity contribution in [3.05, 3.63) is 17.7 Å². The fourth-order valence-electron chi connectivity index (χ4n) is 2.90. The number of rotatable bonds is 4. The van der Waals surface area contributed by atoms with Crippen molar-refractivity contribution in [1.29, 1.82) is 0 Å². The van der Waals surface area contributed by atoms with E-state index >= 15 is 0 Å². The van der Waals surface area contributed by atoms with E-state index in [1.807, 2.05) is 6.92 Å². The highest BCUT2D eigenvalue weighted by Gasteiger charge is 2.38. The molecule has 2 N–H and O–H groups in total. The molecular weight excluding hydrogens is 288 g/mol. The van der Waals surface area contributed by atoms with Crippen molar-refractivity contribution in [2.45, 2.75) is 44.6 Å². The van der Waals surface area contributed by atoms with Crippen LogP contribution in [-0.4, -0.2) is 32.4 Å². The molecule has 0 aliphatic carbocycles.